The number of carbonyl (C=O) groups excluding carboxylic acids is 2. The lowest BCUT2D eigenvalue weighted by Gasteiger charge is -2.31. The van der Waals surface area contributed by atoms with Gasteiger partial charge in [0.2, 0.25) is 5.91 Å². The third kappa shape index (κ3) is 6.41. The summed E-state index contributed by atoms with van der Waals surface area (Å²) in [5.41, 5.74) is 2.67. The lowest BCUT2D eigenvalue weighted by molar-refractivity contribution is -0.142. The fraction of sp³-hybridized carbons (Fsp3) is 0.231. The Morgan fingerprint density at radius 1 is 0.969 bits per heavy atom. The second-order valence-electron chi connectivity index (χ2n) is 7.57. The maximum atomic E-state index is 13.4. The van der Waals surface area contributed by atoms with Crippen LogP contribution < -0.4 is 10.1 Å². The van der Waals surface area contributed by atoms with Crippen LogP contribution in [-0.2, 0) is 22.6 Å². The van der Waals surface area contributed by atoms with Crippen molar-refractivity contribution in [2.75, 3.05) is 13.7 Å². The van der Waals surface area contributed by atoms with E-state index in [0.29, 0.717) is 12.2 Å². The molecule has 0 fully saturated rings. The smallest absolute Gasteiger partial charge is 0.261 e. The van der Waals surface area contributed by atoms with E-state index in [2.05, 4.69) is 5.32 Å². The molecule has 3 aromatic rings. The van der Waals surface area contributed by atoms with E-state index in [-0.39, 0.29) is 30.8 Å². The van der Waals surface area contributed by atoms with Gasteiger partial charge in [-0.15, -0.1) is 0 Å². The Bertz CT molecular complexity index is 1040. The third-order valence-electron chi connectivity index (χ3n) is 5.14. The second kappa shape index (κ2) is 11.1. The molecule has 0 aliphatic rings. The number of benzene rings is 3. The number of hydrogen-bond acceptors (Lipinski definition) is 3. The molecule has 0 spiro atoms. The minimum atomic E-state index is -0.749. The molecule has 0 unspecified atom stereocenters. The fourth-order valence-electron chi connectivity index (χ4n) is 3.44. The molecular formula is C26H27FN2O3. The van der Waals surface area contributed by atoms with E-state index in [1.165, 1.54) is 17.0 Å². The zero-order chi connectivity index (χ0) is 22.9. The molecule has 0 heterocycles. The summed E-state index contributed by atoms with van der Waals surface area (Å²) in [6.07, 6.45) is 0.345. The number of rotatable bonds is 9. The highest BCUT2D eigenvalue weighted by Gasteiger charge is 2.30. The minimum Gasteiger partial charge on any atom is -0.484 e. The molecule has 0 saturated heterocycles. The molecule has 5 nitrogen and oxygen atoms in total. The van der Waals surface area contributed by atoms with E-state index < -0.39 is 6.04 Å². The maximum absolute atomic E-state index is 13.4. The Kier molecular flexibility index (Phi) is 7.97. The number of hydrogen-bond donors (Lipinski definition) is 1. The van der Waals surface area contributed by atoms with Crippen LogP contribution in [0, 0.1) is 12.7 Å². The molecule has 6 heteroatoms. The van der Waals surface area contributed by atoms with E-state index in [9.17, 15) is 14.0 Å². The van der Waals surface area contributed by atoms with Gasteiger partial charge < -0.3 is 15.0 Å². The van der Waals surface area contributed by atoms with Gasteiger partial charge in [-0.3, -0.25) is 9.59 Å². The first-order valence-corrected chi connectivity index (χ1v) is 10.4. The van der Waals surface area contributed by atoms with Crippen molar-refractivity contribution in [1.82, 2.24) is 10.2 Å². The molecule has 166 valence electrons. The summed E-state index contributed by atoms with van der Waals surface area (Å²) >= 11 is 0. The van der Waals surface area contributed by atoms with Gasteiger partial charge in [-0.1, -0.05) is 54.6 Å². The van der Waals surface area contributed by atoms with Gasteiger partial charge in [0, 0.05) is 20.0 Å². The number of ether oxygens (including phenoxy) is 1. The number of nitrogens with one attached hydrogen (secondary N) is 1. The fourth-order valence-corrected chi connectivity index (χ4v) is 3.44. The van der Waals surface area contributed by atoms with Gasteiger partial charge in [0.1, 0.15) is 17.6 Å². The third-order valence-corrected chi connectivity index (χ3v) is 5.14. The second-order valence-corrected chi connectivity index (χ2v) is 7.57. The van der Waals surface area contributed by atoms with Crippen molar-refractivity contribution in [1.29, 1.82) is 0 Å². The zero-order valence-electron chi connectivity index (χ0n) is 18.3. The van der Waals surface area contributed by atoms with Crippen molar-refractivity contribution >= 4 is 11.8 Å². The van der Waals surface area contributed by atoms with Gasteiger partial charge in [-0.2, -0.15) is 0 Å². The number of halogens is 1. The highest BCUT2D eigenvalue weighted by Crippen LogP contribution is 2.17. The number of nitrogens with zero attached hydrogens (tertiary/aromatic N) is 1. The predicted molar refractivity (Wildman–Crippen MR) is 122 cm³/mol. The number of carbonyl (C=O) groups is 2. The molecule has 0 aliphatic carbocycles. The van der Waals surface area contributed by atoms with Crippen molar-refractivity contribution in [3.05, 3.63) is 101 Å². The van der Waals surface area contributed by atoms with Crippen molar-refractivity contribution in [3.8, 4) is 5.75 Å². The summed E-state index contributed by atoms with van der Waals surface area (Å²) in [6.45, 7) is 1.88. The summed E-state index contributed by atoms with van der Waals surface area (Å²) in [4.78, 5) is 27.6. The predicted octanol–water partition coefficient (Wildman–Crippen LogP) is 3.90. The number of likely N-dealkylation sites (N-methyl/N-ethyl adjacent to an activating group) is 1. The molecule has 0 saturated carbocycles. The van der Waals surface area contributed by atoms with Crippen LogP contribution in [0.2, 0.25) is 0 Å². The highest BCUT2D eigenvalue weighted by atomic mass is 19.1. The van der Waals surface area contributed by atoms with Crippen LogP contribution >= 0.6 is 0 Å². The van der Waals surface area contributed by atoms with Crippen LogP contribution in [0.5, 0.6) is 5.75 Å². The molecule has 1 N–H and O–H groups in total. The van der Waals surface area contributed by atoms with E-state index in [1.54, 1.807) is 25.2 Å². The summed E-state index contributed by atoms with van der Waals surface area (Å²) in [6, 6.07) is 22.1. The Balaban J connectivity index is 1.86. The summed E-state index contributed by atoms with van der Waals surface area (Å²) in [7, 11) is 1.55. The summed E-state index contributed by atoms with van der Waals surface area (Å²) < 4.78 is 19.1. The molecule has 1 atom stereocenters. The van der Waals surface area contributed by atoms with E-state index in [1.807, 2.05) is 55.5 Å². The molecule has 3 rings (SSSR count). The molecule has 3 aromatic carbocycles. The number of amides is 2. The monoisotopic (exact) mass is 434 g/mol. The largest absolute Gasteiger partial charge is 0.484 e. The van der Waals surface area contributed by atoms with Crippen LogP contribution in [-0.4, -0.2) is 36.4 Å². The Labute approximate surface area is 187 Å². The molecule has 0 bridgehead atoms. The average Bonchev–Trinajstić information content (AvgIpc) is 2.81. The standard InChI is InChI=1S/C26H27FN2O3/c1-19-7-6-10-23(15-19)32-18-25(30)29(17-21-11-13-22(27)14-12-21)24(26(31)28-2)16-20-8-4-3-5-9-20/h3-15,24H,16-18H2,1-2H3,(H,28,31)/t24-/m0/s1. The van der Waals surface area contributed by atoms with Crippen molar-refractivity contribution in [2.24, 2.45) is 0 Å². The van der Waals surface area contributed by atoms with Gasteiger partial charge >= 0.3 is 0 Å². The average molecular weight is 435 g/mol. The Morgan fingerprint density at radius 3 is 2.34 bits per heavy atom. The lowest BCUT2D eigenvalue weighted by Crippen LogP contribution is -2.51. The topological polar surface area (TPSA) is 58.6 Å². The van der Waals surface area contributed by atoms with Gasteiger partial charge in [-0.05, 0) is 47.9 Å². The van der Waals surface area contributed by atoms with Crippen LogP contribution in [0.25, 0.3) is 0 Å². The maximum Gasteiger partial charge on any atom is 0.261 e. The quantitative estimate of drug-likeness (QED) is 0.556. The van der Waals surface area contributed by atoms with Gasteiger partial charge in [0.05, 0.1) is 0 Å². The van der Waals surface area contributed by atoms with E-state index in [0.717, 1.165) is 16.7 Å². The van der Waals surface area contributed by atoms with Gasteiger partial charge in [-0.25, -0.2) is 4.39 Å². The van der Waals surface area contributed by atoms with E-state index >= 15 is 0 Å². The van der Waals surface area contributed by atoms with Crippen molar-refractivity contribution in [3.63, 3.8) is 0 Å². The van der Waals surface area contributed by atoms with Crippen molar-refractivity contribution < 1.29 is 18.7 Å². The first-order chi connectivity index (χ1) is 15.5. The Hall–Kier alpha value is -3.67. The van der Waals surface area contributed by atoms with Crippen molar-refractivity contribution in [2.45, 2.75) is 25.9 Å². The SMILES string of the molecule is CNC(=O)[C@H](Cc1ccccc1)N(Cc1ccc(F)cc1)C(=O)COc1cccc(C)c1. The first-order valence-electron chi connectivity index (χ1n) is 10.4. The van der Waals surface area contributed by atoms with Crippen LogP contribution in [0.3, 0.4) is 0 Å². The Morgan fingerprint density at radius 2 is 1.69 bits per heavy atom. The zero-order valence-corrected chi connectivity index (χ0v) is 18.3. The summed E-state index contributed by atoms with van der Waals surface area (Å²) in [5, 5.41) is 2.66. The number of aryl methyl sites for hydroxylation is 1. The first kappa shape index (κ1) is 23.0. The highest BCUT2D eigenvalue weighted by molar-refractivity contribution is 5.88. The van der Waals surface area contributed by atoms with Crippen LogP contribution in [0.15, 0.2) is 78.9 Å². The molecule has 0 aromatic heterocycles. The molecule has 0 aliphatic heterocycles. The normalized spacial score (nSPS) is 11.5. The molecule has 32 heavy (non-hydrogen) atoms. The van der Waals surface area contributed by atoms with Gasteiger partial charge in [0.25, 0.3) is 5.91 Å². The molecule has 0 radical (unpaired) electrons. The van der Waals surface area contributed by atoms with Crippen LogP contribution in [0.4, 0.5) is 4.39 Å². The van der Waals surface area contributed by atoms with Crippen LogP contribution in [0.1, 0.15) is 16.7 Å². The summed E-state index contributed by atoms with van der Waals surface area (Å²) in [5.74, 6) is -0.388. The minimum absolute atomic E-state index is 0.154. The molecule has 2 amide bonds. The van der Waals surface area contributed by atoms with E-state index in [4.69, 9.17) is 4.74 Å². The van der Waals surface area contributed by atoms with Gasteiger partial charge in [0.15, 0.2) is 6.61 Å². The lowest BCUT2D eigenvalue weighted by atomic mass is 10.0. The molecular weight excluding hydrogens is 407 g/mol.